The predicted octanol–water partition coefficient (Wildman–Crippen LogP) is 1.92. The van der Waals surface area contributed by atoms with Crippen LogP contribution in [0.4, 0.5) is 5.82 Å². The van der Waals surface area contributed by atoms with Crippen molar-refractivity contribution < 1.29 is 14.1 Å². The van der Waals surface area contributed by atoms with Gasteiger partial charge in [0, 0.05) is 30.8 Å². The van der Waals surface area contributed by atoms with Gasteiger partial charge in [-0.05, 0) is 25.0 Å². The fourth-order valence-electron chi connectivity index (χ4n) is 4.67. The topological polar surface area (TPSA) is 145 Å². The summed E-state index contributed by atoms with van der Waals surface area (Å²) < 4.78 is 13.5. The molecule has 1 saturated heterocycles. The number of carbonyl (C=O) groups is 1. The minimum atomic E-state index is -0.431. The molecule has 0 saturated carbocycles. The molecule has 1 fully saturated rings. The SMILES string of the molecule is COc1cccc(C(=O)Cn2cnc3c(C#N)c(N4CCCC(N)C4)n(Cc4ccno4)c3c2=O)c1. The molecule has 11 heteroatoms. The number of nitrogens with two attached hydrogens (primary N) is 1. The number of carbonyl (C=O) groups excluding carboxylic acids is 1. The van der Waals surface area contributed by atoms with Gasteiger partial charge in [0.1, 0.15) is 34.2 Å². The first kappa shape index (κ1) is 23.3. The molecule has 5 rings (SSSR count). The first-order valence-corrected chi connectivity index (χ1v) is 11.6. The van der Waals surface area contributed by atoms with Gasteiger partial charge in [-0.2, -0.15) is 5.26 Å². The summed E-state index contributed by atoms with van der Waals surface area (Å²) in [5, 5.41) is 13.9. The van der Waals surface area contributed by atoms with E-state index >= 15 is 0 Å². The Morgan fingerprint density at radius 2 is 2.22 bits per heavy atom. The normalized spacial score (nSPS) is 15.7. The molecule has 1 aliphatic heterocycles. The number of aromatic nitrogens is 4. The quantitative estimate of drug-likeness (QED) is 0.386. The number of anilines is 1. The fraction of sp³-hybridized carbons (Fsp3) is 0.320. The van der Waals surface area contributed by atoms with Gasteiger partial charge >= 0.3 is 0 Å². The number of hydrogen-bond acceptors (Lipinski definition) is 9. The molecule has 1 unspecified atom stereocenters. The summed E-state index contributed by atoms with van der Waals surface area (Å²) in [6.45, 7) is 1.19. The molecule has 0 amide bonds. The molecule has 11 nitrogen and oxygen atoms in total. The molecule has 0 aliphatic carbocycles. The fourth-order valence-corrected chi connectivity index (χ4v) is 4.67. The molecular formula is C25H25N7O4. The van der Waals surface area contributed by atoms with Crippen LogP contribution in [0.5, 0.6) is 5.75 Å². The van der Waals surface area contributed by atoms with Crippen molar-refractivity contribution in [3.05, 3.63) is 70.1 Å². The molecule has 2 N–H and O–H groups in total. The number of ketones is 1. The van der Waals surface area contributed by atoms with E-state index in [1.54, 1.807) is 34.9 Å². The highest BCUT2D eigenvalue weighted by Crippen LogP contribution is 2.32. The maximum Gasteiger partial charge on any atom is 0.278 e. The largest absolute Gasteiger partial charge is 0.497 e. The van der Waals surface area contributed by atoms with Crippen molar-refractivity contribution in [1.82, 2.24) is 19.3 Å². The number of nitrogens with zero attached hydrogens (tertiary/aromatic N) is 6. The Bertz CT molecular complexity index is 1510. The Hall–Kier alpha value is -4.43. The summed E-state index contributed by atoms with van der Waals surface area (Å²) in [6, 6.07) is 10.6. The summed E-state index contributed by atoms with van der Waals surface area (Å²) in [4.78, 5) is 33.2. The van der Waals surface area contributed by atoms with Gasteiger partial charge in [-0.15, -0.1) is 0 Å². The van der Waals surface area contributed by atoms with Gasteiger partial charge in [0.25, 0.3) is 5.56 Å². The number of Topliss-reactive ketones (excluding diaryl/α,β-unsaturated/α-hetero) is 1. The number of rotatable bonds is 7. The molecule has 4 heterocycles. The third kappa shape index (κ3) is 4.23. The van der Waals surface area contributed by atoms with Crippen molar-refractivity contribution in [1.29, 1.82) is 5.26 Å². The number of hydrogen-bond donors (Lipinski definition) is 1. The first-order chi connectivity index (χ1) is 17.5. The maximum atomic E-state index is 13.7. The molecule has 3 aromatic heterocycles. The van der Waals surface area contributed by atoms with E-state index in [2.05, 4.69) is 16.2 Å². The Morgan fingerprint density at radius 1 is 1.36 bits per heavy atom. The van der Waals surface area contributed by atoms with Crippen molar-refractivity contribution in [3.63, 3.8) is 0 Å². The average Bonchev–Trinajstić information content (AvgIpc) is 3.52. The average molecular weight is 488 g/mol. The van der Waals surface area contributed by atoms with Crippen LogP contribution >= 0.6 is 0 Å². The molecule has 36 heavy (non-hydrogen) atoms. The third-order valence-electron chi connectivity index (χ3n) is 6.38. The second kappa shape index (κ2) is 9.67. The lowest BCUT2D eigenvalue weighted by atomic mass is 10.1. The zero-order valence-electron chi connectivity index (χ0n) is 19.8. The predicted molar refractivity (Wildman–Crippen MR) is 131 cm³/mol. The number of piperidine rings is 1. The number of benzene rings is 1. The molecule has 0 spiro atoms. The van der Waals surface area contributed by atoms with Gasteiger partial charge in [0.2, 0.25) is 0 Å². The molecule has 1 atom stereocenters. The molecule has 0 radical (unpaired) electrons. The highest BCUT2D eigenvalue weighted by molar-refractivity contribution is 5.96. The van der Waals surface area contributed by atoms with E-state index in [1.165, 1.54) is 24.2 Å². The summed E-state index contributed by atoms with van der Waals surface area (Å²) in [6.07, 6.45) is 4.58. The molecule has 4 aromatic rings. The van der Waals surface area contributed by atoms with Gasteiger partial charge in [-0.25, -0.2) is 4.98 Å². The van der Waals surface area contributed by atoms with Crippen molar-refractivity contribution in [2.75, 3.05) is 25.1 Å². The Morgan fingerprint density at radius 3 is 2.94 bits per heavy atom. The van der Waals surface area contributed by atoms with Crippen LogP contribution < -0.4 is 20.9 Å². The van der Waals surface area contributed by atoms with Gasteiger partial charge in [-0.3, -0.25) is 14.2 Å². The van der Waals surface area contributed by atoms with Gasteiger partial charge in [0.15, 0.2) is 11.5 Å². The van der Waals surface area contributed by atoms with Crippen LogP contribution in [0.1, 0.15) is 34.5 Å². The van der Waals surface area contributed by atoms with E-state index in [0.29, 0.717) is 41.5 Å². The molecular weight excluding hydrogens is 462 g/mol. The smallest absolute Gasteiger partial charge is 0.278 e. The highest BCUT2D eigenvalue weighted by atomic mass is 16.5. The van der Waals surface area contributed by atoms with E-state index in [0.717, 1.165) is 12.8 Å². The zero-order chi connectivity index (χ0) is 25.2. The Labute approximate surface area is 206 Å². The van der Waals surface area contributed by atoms with E-state index in [4.69, 9.17) is 15.0 Å². The molecule has 1 aromatic carbocycles. The summed E-state index contributed by atoms with van der Waals surface area (Å²) >= 11 is 0. The Balaban J connectivity index is 1.63. The van der Waals surface area contributed by atoms with Crippen molar-refractivity contribution in [3.8, 4) is 11.8 Å². The van der Waals surface area contributed by atoms with Crippen LogP contribution in [0.15, 0.2) is 52.2 Å². The highest BCUT2D eigenvalue weighted by Gasteiger charge is 2.29. The van der Waals surface area contributed by atoms with Crippen LogP contribution in [0.25, 0.3) is 11.0 Å². The molecule has 1 aliphatic rings. The number of nitriles is 1. The number of methoxy groups -OCH3 is 1. The van der Waals surface area contributed by atoms with Crippen LogP contribution in [0.2, 0.25) is 0 Å². The maximum absolute atomic E-state index is 13.7. The summed E-state index contributed by atoms with van der Waals surface area (Å²) in [5.74, 6) is 1.36. The zero-order valence-corrected chi connectivity index (χ0v) is 19.8. The van der Waals surface area contributed by atoms with Crippen LogP contribution in [0.3, 0.4) is 0 Å². The van der Waals surface area contributed by atoms with Crippen molar-refractivity contribution in [2.45, 2.75) is 32.0 Å². The summed E-state index contributed by atoms with van der Waals surface area (Å²) in [7, 11) is 1.52. The number of fused-ring (bicyclic) bond motifs is 1. The first-order valence-electron chi connectivity index (χ1n) is 11.6. The minimum Gasteiger partial charge on any atom is -0.497 e. The standard InChI is InChI=1S/C25H25N7O4/c1-35-18-6-2-4-16(10-18)21(33)14-31-15-28-22-20(11-26)24(30-9-3-5-17(27)12-30)32(23(22)25(31)34)13-19-7-8-29-36-19/h2,4,6-8,10,15,17H,3,5,9,12-14,27H2,1H3. The van der Waals surface area contributed by atoms with E-state index in [1.807, 2.05) is 4.90 Å². The van der Waals surface area contributed by atoms with Crippen LogP contribution in [0, 0.1) is 11.3 Å². The number of ether oxygens (including phenoxy) is 1. The Kier molecular flexibility index (Phi) is 6.26. The monoisotopic (exact) mass is 487 g/mol. The van der Waals surface area contributed by atoms with Crippen LogP contribution in [-0.4, -0.2) is 51.3 Å². The molecule has 0 bridgehead atoms. The molecule has 184 valence electrons. The second-order valence-electron chi connectivity index (χ2n) is 8.75. The lowest BCUT2D eigenvalue weighted by Gasteiger charge is -2.33. The van der Waals surface area contributed by atoms with E-state index in [9.17, 15) is 14.9 Å². The van der Waals surface area contributed by atoms with Crippen molar-refractivity contribution in [2.24, 2.45) is 5.73 Å². The lowest BCUT2D eigenvalue weighted by Crippen LogP contribution is -2.44. The van der Waals surface area contributed by atoms with Gasteiger partial charge < -0.3 is 24.5 Å². The van der Waals surface area contributed by atoms with E-state index in [-0.39, 0.29) is 35.9 Å². The minimum absolute atomic E-state index is 0.0489. The van der Waals surface area contributed by atoms with Crippen LogP contribution in [-0.2, 0) is 13.1 Å². The third-order valence-corrected chi connectivity index (χ3v) is 6.38. The van der Waals surface area contributed by atoms with Gasteiger partial charge in [0.05, 0.1) is 32.7 Å². The lowest BCUT2D eigenvalue weighted by molar-refractivity contribution is 0.0970. The summed E-state index contributed by atoms with van der Waals surface area (Å²) in [5.41, 5.74) is 7.01. The van der Waals surface area contributed by atoms with E-state index < -0.39 is 5.56 Å². The van der Waals surface area contributed by atoms with Crippen molar-refractivity contribution >= 4 is 22.6 Å². The second-order valence-corrected chi connectivity index (χ2v) is 8.75. The van der Waals surface area contributed by atoms with Gasteiger partial charge in [-0.1, -0.05) is 17.3 Å².